The number of carbonyl (C=O) groups is 2. The Morgan fingerprint density at radius 3 is 1.21 bits per heavy atom. The van der Waals surface area contributed by atoms with Gasteiger partial charge in [0.05, 0.1) is 0 Å². The monoisotopic (exact) mass is 340 g/mol. The Hall–Kier alpha value is -1.98. The lowest BCUT2D eigenvalue weighted by Crippen LogP contribution is -1.92. The summed E-state index contributed by atoms with van der Waals surface area (Å²) in [5, 5.41) is 16.4. The summed E-state index contributed by atoms with van der Waals surface area (Å²) in [6.45, 7) is 4.22. The molecule has 0 saturated heterocycles. The van der Waals surface area contributed by atoms with Crippen molar-refractivity contribution in [2.75, 3.05) is 0 Å². The number of carboxylic acids is 2. The predicted octanol–water partition coefficient (Wildman–Crippen LogP) is 4.56. The van der Waals surface area contributed by atoms with E-state index in [1.165, 1.54) is 12.8 Å². The first kappa shape index (κ1) is 24.3. The average molecular weight is 340 g/mol. The quantitative estimate of drug-likeness (QED) is 0.606. The maximum atomic E-state index is 9.96. The summed E-state index contributed by atoms with van der Waals surface area (Å²) in [4.78, 5) is 27.4. The molecule has 0 aliphatic rings. The number of rotatable bonds is 10. The molecular formula is C18H32N2O4. The molecule has 0 atom stereocenters. The highest BCUT2D eigenvalue weighted by atomic mass is 16.4. The second-order valence-corrected chi connectivity index (χ2v) is 5.30. The Morgan fingerprint density at radius 1 is 0.667 bits per heavy atom. The van der Waals surface area contributed by atoms with Gasteiger partial charge in [0.25, 0.3) is 0 Å². The molecule has 6 nitrogen and oxygen atoms in total. The van der Waals surface area contributed by atoms with Crippen LogP contribution in [-0.2, 0) is 9.59 Å². The summed E-state index contributed by atoms with van der Waals surface area (Å²) >= 11 is 0. The van der Waals surface area contributed by atoms with Gasteiger partial charge < -0.3 is 10.2 Å². The van der Waals surface area contributed by atoms with Crippen LogP contribution in [0.5, 0.6) is 0 Å². The summed E-state index contributed by atoms with van der Waals surface area (Å²) in [7, 11) is 0. The van der Waals surface area contributed by atoms with Gasteiger partial charge in [0, 0.05) is 37.6 Å². The number of hydrogen-bond donors (Lipinski definition) is 2. The van der Waals surface area contributed by atoms with Crippen LogP contribution in [0.3, 0.4) is 0 Å². The topological polar surface area (TPSA) is 100 Å². The van der Waals surface area contributed by atoms with E-state index in [1.807, 2.05) is 0 Å². The minimum Gasteiger partial charge on any atom is -0.481 e. The molecule has 24 heavy (non-hydrogen) atoms. The van der Waals surface area contributed by atoms with E-state index >= 15 is 0 Å². The zero-order chi connectivity index (χ0) is 18.5. The smallest absolute Gasteiger partial charge is 0.303 e. The third-order valence-corrected chi connectivity index (χ3v) is 2.97. The number of unbranched alkanes of at least 4 members (excludes halogenated alkanes) is 6. The Labute approximate surface area is 145 Å². The minimum absolute atomic E-state index is 0.333. The van der Waals surface area contributed by atoms with Gasteiger partial charge in [-0.1, -0.05) is 52.4 Å². The SMILES string of the molecule is CCCCCCC(=O)O.CCCCCCC(=O)O.c1cnccn1. The highest BCUT2D eigenvalue weighted by Gasteiger charge is 1.94. The van der Waals surface area contributed by atoms with E-state index in [0.717, 1.165) is 38.5 Å². The molecule has 2 N–H and O–H groups in total. The molecular weight excluding hydrogens is 308 g/mol. The van der Waals surface area contributed by atoms with Crippen molar-refractivity contribution in [2.24, 2.45) is 0 Å². The van der Waals surface area contributed by atoms with Crippen LogP contribution >= 0.6 is 0 Å². The Kier molecular flexibility index (Phi) is 21.3. The van der Waals surface area contributed by atoms with E-state index in [-0.39, 0.29) is 0 Å². The molecule has 1 rings (SSSR count). The fraction of sp³-hybridized carbons (Fsp3) is 0.667. The molecule has 0 fully saturated rings. The predicted molar refractivity (Wildman–Crippen MR) is 94.8 cm³/mol. The lowest BCUT2D eigenvalue weighted by molar-refractivity contribution is -0.138. The Balaban J connectivity index is 0. The van der Waals surface area contributed by atoms with Crippen LogP contribution in [0, 0.1) is 0 Å². The van der Waals surface area contributed by atoms with E-state index in [4.69, 9.17) is 10.2 Å². The van der Waals surface area contributed by atoms with Gasteiger partial charge in [-0.25, -0.2) is 0 Å². The normalized spacial score (nSPS) is 9.08. The minimum atomic E-state index is -0.675. The number of carboxylic acid groups (broad SMARTS) is 2. The molecule has 1 heterocycles. The highest BCUT2D eigenvalue weighted by Crippen LogP contribution is 2.01. The maximum absolute atomic E-state index is 9.96. The zero-order valence-electron chi connectivity index (χ0n) is 15.0. The lowest BCUT2D eigenvalue weighted by atomic mass is 10.2. The molecule has 0 aromatic carbocycles. The molecule has 0 radical (unpaired) electrons. The van der Waals surface area contributed by atoms with Gasteiger partial charge in [0.15, 0.2) is 0 Å². The van der Waals surface area contributed by atoms with Crippen LogP contribution in [0.4, 0.5) is 0 Å². The van der Waals surface area contributed by atoms with Gasteiger partial charge in [-0.05, 0) is 12.8 Å². The average Bonchev–Trinajstić information content (AvgIpc) is 2.58. The van der Waals surface area contributed by atoms with Crippen molar-refractivity contribution >= 4 is 11.9 Å². The highest BCUT2D eigenvalue weighted by molar-refractivity contribution is 5.66. The third-order valence-electron chi connectivity index (χ3n) is 2.97. The van der Waals surface area contributed by atoms with Crippen LogP contribution in [0.25, 0.3) is 0 Å². The van der Waals surface area contributed by atoms with Gasteiger partial charge in [0.2, 0.25) is 0 Å². The van der Waals surface area contributed by atoms with E-state index in [2.05, 4.69) is 23.8 Å². The maximum Gasteiger partial charge on any atom is 0.303 e. The molecule has 138 valence electrons. The number of aliphatic carboxylic acids is 2. The molecule has 0 unspecified atom stereocenters. The van der Waals surface area contributed by atoms with Crippen molar-refractivity contribution in [2.45, 2.75) is 78.1 Å². The standard InChI is InChI=1S/2C7H14O2.C4H4N2/c2*1-2-3-4-5-6-7(8)9;1-2-6-4-3-5-1/h2*2-6H2,1H3,(H,8,9);1-4H. The lowest BCUT2D eigenvalue weighted by Gasteiger charge is -1.92. The molecule has 0 amide bonds. The first-order chi connectivity index (χ1) is 11.5. The summed E-state index contributed by atoms with van der Waals surface area (Å²) in [6.07, 6.45) is 15.7. The van der Waals surface area contributed by atoms with Crippen LogP contribution < -0.4 is 0 Å². The van der Waals surface area contributed by atoms with Crippen molar-refractivity contribution in [1.29, 1.82) is 0 Å². The van der Waals surface area contributed by atoms with E-state index in [1.54, 1.807) is 24.8 Å². The molecule has 1 aromatic heterocycles. The van der Waals surface area contributed by atoms with E-state index < -0.39 is 11.9 Å². The molecule has 0 bridgehead atoms. The van der Waals surface area contributed by atoms with Crippen molar-refractivity contribution < 1.29 is 19.8 Å². The first-order valence-electron chi connectivity index (χ1n) is 8.68. The van der Waals surface area contributed by atoms with Crippen LogP contribution in [0.1, 0.15) is 78.1 Å². The van der Waals surface area contributed by atoms with Gasteiger partial charge in [-0.2, -0.15) is 0 Å². The van der Waals surface area contributed by atoms with Gasteiger partial charge in [-0.15, -0.1) is 0 Å². The summed E-state index contributed by atoms with van der Waals surface area (Å²) < 4.78 is 0. The van der Waals surface area contributed by atoms with Crippen LogP contribution in [-0.4, -0.2) is 32.1 Å². The van der Waals surface area contributed by atoms with Crippen molar-refractivity contribution in [3.05, 3.63) is 24.8 Å². The molecule has 0 aliphatic heterocycles. The fourth-order valence-corrected chi connectivity index (χ4v) is 1.66. The molecule has 6 heteroatoms. The van der Waals surface area contributed by atoms with E-state index in [0.29, 0.717) is 12.8 Å². The largest absolute Gasteiger partial charge is 0.481 e. The van der Waals surface area contributed by atoms with Gasteiger partial charge in [-0.3, -0.25) is 19.6 Å². The first-order valence-corrected chi connectivity index (χ1v) is 8.68. The number of aromatic nitrogens is 2. The van der Waals surface area contributed by atoms with Gasteiger partial charge >= 0.3 is 11.9 Å². The number of nitrogens with zero attached hydrogens (tertiary/aromatic N) is 2. The second-order valence-electron chi connectivity index (χ2n) is 5.30. The Bertz CT molecular complexity index is 337. The molecule has 0 aliphatic carbocycles. The summed E-state index contributed by atoms with van der Waals surface area (Å²) in [5.41, 5.74) is 0. The summed E-state index contributed by atoms with van der Waals surface area (Å²) in [6, 6.07) is 0. The van der Waals surface area contributed by atoms with E-state index in [9.17, 15) is 9.59 Å². The number of hydrogen-bond acceptors (Lipinski definition) is 4. The molecule has 0 saturated carbocycles. The van der Waals surface area contributed by atoms with Crippen LogP contribution in [0.2, 0.25) is 0 Å². The van der Waals surface area contributed by atoms with Crippen LogP contribution in [0.15, 0.2) is 24.8 Å². The fourth-order valence-electron chi connectivity index (χ4n) is 1.66. The third kappa shape index (κ3) is 28.2. The van der Waals surface area contributed by atoms with Crippen molar-refractivity contribution in [1.82, 2.24) is 9.97 Å². The van der Waals surface area contributed by atoms with Gasteiger partial charge in [0.1, 0.15) is 0 Å². The second kappa shape index (κ2) is 21.0. The molecule has 1 aromatic rings. The Morgan fingerprint density at radius 2 is 1.00 bits per heavy atom. The summed E-state index contributed by atoms with van der Waals surface area (Å²) in [5.74, 6) is -1.35. The van der Waals surface area contributed by atoms with Crippen molar-refractivity contribution in [3.63, 3.8) is 0 Å². The zero-order valence-corrected chi connectivity index (χ0v) is 15.0. The van der Waals surface area contributed by atoms with Crippen molar-refractivity contribution in [3.8, 4) is 0 Å². The molecule has 0 spiro atoms.